The number of imide groups is 1. The second kappa shape index (κ2) is 10.2. The van der Waals surface area contributed by atoms with Gasteiger partial charge in [0.05, 0.1) is 24.7 Å². The van der Waals surface area contributed by atoms with E-state index in [2.05, 4.69) is 20.4 Å². The lowest BCUT2D eigenvalue weighted by Gasteiger charge is -2.21. The average molecular weight is 514 g/mol. The number of rotatable bonds is 7. The molecule has 0 bridgehead atoms. The van der Waals surface area contributed by atoms with Crippen LogP contribution in [0.3, 0.4) is 0 Å². The van der Waals surface area contributed by atoms with E-state index >= 15 is 0 Å². The van der Waals surface area contributed by atoms with E-state index in [1.54, 1.807) is 37.3 Å². The number of amides is 4. The molecule has 1 aliphatic heterocycles. The zero-order valence-electron chi connectivity index (χ0n) is 19.6. The Balaban J connectivity index is 1.52. The zero-order chi connectivity index (χ0) is 26.7. The van der Waals surface area contributed by atoms with Gasteiger partial charge in [0.15, 0.2) is 0 Å². The Morgan fingerprint density at radius 3 is 2.32 bits per heavy atom. The average Bonchev–Trinajstić information content (AvgIpc) is 3.17. The van der Waals surface area contributed by atoms with E-state index in [1.165, 1.54) is 31.6 Å². The minimum Gasteiger partial charge on any atom is -0.497 e. The summed E-state index contributed by atoms with van der Waals surface area (Å²) in [5.41, 5.74) is 1.35. The lowest BCUT2D eigenvalue weighted by atomic mass is 9.92. The summed E-state index contributed by atoms with van der Waals surface area (Å²) >= 11 is 0. The molecule has 2 atom stereocenters. The predicted octanol–water partition coefficient (Wildman–Crippen LogP) is 4.47. The fourth-order valence-corrected chi connectivity index (χ4v) is 3.90. The molecule has 0 aliphatic carbocycles. The van der Waals surface area contributed by atoms with Gasteiger partial charge in [0.2, 0.25) is 0 Å². The van der Waals surface area contributed by atoms with E-state index in [0.29, 0.717) is 22.6 Å². The lowest BCUT2D eigenvalue weighted by Crippen LogP contribution is -2.35. The number of nitrogens with zero attached hydrogens (tertiary/aromatic N) is 2. The number of pyridine rings is 1. The summed E-state index contributed by atoms with van der Waals surface area (Å²) in [6.07, 6.45) is -1.94. The number of hydrogen-bond acceptors (Lipinski definition) is 6. The molecule has 2 N–H and O–H groups in total. The number of hydrogen-bond donors (Lipinski definition) is 2. The van der Waals surface area contributed by atoms with E-state index in [9.17, 15) is 27.6 Å². The molecule has 2 heterocycles. The third-order valence-corrected chi connectivity index (χ3v) is 5.74. The van der Waals surface area contributed by atoms with Crippen molar-refractivity contribution >= 4 is 29.2 Å². The molecule has 4 amide bonds. The first-order valence-electron chi connectivity index (χ1n) is 11.0. The number of halogens is 3. The molecule has 2 unspecified atom stereocenters. The Labute approximate surface area is 209 Å². The number of aromatic nitrogens is 1. The molecule has 1 aromatic heterocycles. The van der Waals surface area contributed by atoms with Gasteiger partial charge in [0.1, 0.15) is 17.5 Å². The SMILES string of the molecule is COc1ccc(C(=O)Nc2cnccc2C(C)C2NC(=O)N(c3ccc(OC(F)(F)F)cc3)C2=O)cc1. The van der Waals surface area contributed by atoms with Gasteiger partial charge >= 0.3 is 12.4 Å². The van der Waals surface area contributed by atoms with Crippen LogP contribution in [0.25, 0.3) is 0 Å². The number of carbonyl (C=O) groups excluding carboxylic acids is 3. The molecule has 0 radical (unpaired) electrons. The predicted molar refractivity (Wildman–Crippen MR) is 127 cm³/mol. The highest BCUT2D eigenvalue weighted by Gasteiger charge is 2.43. The first-order chi connectivity index (χ1) is 17.6. The molecular weight excluding hydrogens is 493 g/mol. The Hall–Kier alpha value is -4.61. The van der Waals surface area contributed by atoms with Crippen LogP contribution in [-0.4, -0.2) is 42.3 Å². The Morgan fingerprint density at radius 1 is 1.05 bits per heavy atom. The van der Waals surface area contributed by atoms with Crippen LogP contribution >= 0.6 is 0 Å². The number of anilines is 2. The summed E-state index contributed by atoms with van der Waals surface area (Å²) < 4.78 is 46.2. The highest BCUT2D eigenvalue weighted by Crippen LogP contribution is 2.32. The maximum atomic E-state index is 13.2. The molecule has 4 rings (SSSR count). The summed E-state index contributed by atoms with van der Waals surface area (Å²) in [5, 5.41) is 5.38. The quantitative estimate of drug-likeness (QED) is 0.451. The Bertz CT molecular complexity index is 1310. The van der Waals surface area contributed by atoms with Crippen molar-refractivity contribution < 1.29 is 37.0 Å². The van der Waals surface area contributed by atoms with Crippen molar-refractivity contribution in [3.05, 3.63) is 78.1 Å². The molecule has 9 nitrogen and oxygen atoms in total. The summed E-state index contributed by atoms with van der Waals surface area (Å²) in [7, 11) is 1.51. The Kier molecular flexibility index (Phi) is 7.00. The molecule has 3 aromatic rings. The summed E-state index contributed by atoms with van der Waals surface area (Å²) in [5.74, 6) is -1.50. The van der Waals surface area contributed by atoms with Gasteiger partial charge in [-0.15, -0.1) is 13.2 Å². The Morgan fingerprint density at radius 2 is 1.70 bits per heavy atom. The first kappa shape index (κ1) is 25.5. The highest BCUT2D eigenvalue weighted by molar-refractivity contribution is 6.21. The van der Waals surface area contributed by atoms with Gasteiger partial charge in [0, 0.05) is 17.7 Å². The van der Waals surface area contributed by atoms with Gasteiger partial charge < -0.3 is 20.1 Å². The molecule has 2 aromatic carbocycles. The number of urea groups is 1. The van der Waals surface area contributed by atoms with Crippen LogP contribution in [0.15, 0.2) is 67.0 Å². The molecule has 12 heteroatoms. The van der Waals surface area contributed by atoms with E-state index in [-0.39, 0.29) is 5.69 Å². The number of ether oxygens (including phenoxy) is 2. The minimum absolute atomic E-state index is 0.0782. The maximum Gasteiger partial charge on any atom is 0.573 e. The number of methoxy groups -OCH3 is 1. The second-order valence-electron chi connectivity index (χ2n) is 8.08. The molecular formula is C25H21F3N4O5. The molecule has 0 saturated carbocycles. The molecule has 0 spiro atoms. The molecule has 1 aliphatic rings. The van der Waals surface area contributed by atoms with Crippen LogP contribution in [0.2, 0.25) is 0 Å². The normalized spacial score (nSPS) is 16.2. The van der Waals surface area contributed by atoms with Crippen LogP contribution in [0.4, 0.5) is 29.3 Å². The number of nitrogens with one attached hydrogen (secondary N) is 2. The fourth-order valence-electron chi connectivity index (χ4n) is 3.90. The zero-order valence-corrected chi connectivity index (χ0v) is 19.6. The van der Waals surface area contributed by atoms with E-state index in [0.717, 1.165) is 17.0 Å². The van der Waals surface area contributed by atoms with Crippen molar-refractivity contribution in [2.24, 2.45) is 0 Å². The number of carbonyl (C=O) groups is 3. The van der Waals surface area contributed by atoms with E-state index in [4.69, 9.17) is 4.74 Å². The third kappa shape index (κ3) is 5.63. The van der Waals surface area contributed by atoms with Crippen molar-refractivity contribution in [3.8, 4) is 11.5 Å². The number of benzene rings is 2. The van der Waals surface area contributed by atoms with Crippen LogP contribution in [0, 0.1) is 0 Å². The first-order valence-corrected chi connectivity index (χ1v) is 11.0. The smallest absolute Gasteiger partial charge is 0.497 e. The van der Waals surface area contributed by atoms with Crippen LogP contribution < -0.4 is 25.0 Å². The molecule has 1 saturated heterocycles. The second-order valence-corrected chi connectivity index (χ2v) is 8.08. The van der Waals surface area contributed by atoms with E-state index < -0.39 is 41.9 Å². The van der Waals surface area contributed by atoms with Crippen LogP contribution in [0.5, 0.6) is 11.5 Å². The number of alkyl halides is 3. The van der Waals surface area contributed by atoms with Gasteiger partial charge in [-0.2, -0.15) is 0 Å². The fraction of sp³-hybridized carbons (Fsp3) is 0.200. The molecule has 1 fully saturated rings. The van der Waals surface area contributed by atoms with Crippen molar-refractivity contribution in [1.82, 2.24) is 10.3 Å². The van der Waals surface area contributed by atoms with Crippen molar-refractivity contribution in [1.29, 1.82) is 0 Å². The minimum atomic E-state index is -4.87. The standard InChI is InChI=1S/C25H21F3N4O5/c1-14(19-11-12-29-13-20(19)30-22(33)15-3-7-17(36-2)8-4-15)21-23(34)32(24(35)31-21)16-5-9-18(10-6-16)37-25(26,27)28/h3-14,21H,1-2H3,(H,30,33)(H,31,35). The van der Waals surface area contributed by atoms with Gasteiger partial charge in [-0.1, -0.05) is 6.92 Å². The molecule has 37 heavy (non-hydrogen) atoms. The maximum absolute atomic E-state index is 13.2. The lowest BCUT2D eigenvalue weighted by molar-refractivity contribution is -0.274. The van der Waals surface area contributed by atoms with E-state index in [1.807, 2.05) is 0 Å². The van der Waals surface area contributed by atoms with Crippen LogP contribution in [0.1, 0.15) is 28.8 Å². The van der Waals surface area contributed by atoms with Crippen LogP contribution in [-0.2, 0) is 4.79 Å². The van der Waals surface area contributed by atoms with Gasteiger partial charge in [-0.25, -0.2) is 9.69 Å². The summed E-state index contributed by atoms with van der Waals surface area (Å²) in [6.45, 7) is 1.70. The largest absolute Gasteiger partial charge is 0.573 e. The topological polar surface area (TPSA) is 110 Å². The van der Waals surface area contributed by atoms with Crippen molar-refractivity contribution in [3.63, 3.8) is 0 Å². The molecule has 192 valence electrons. The van der Waals surface area contributed by atoms with Gasteiger partial charge in [-0.3, -0.25) is 14.6 Å². The van der Waals surface area contributed by atoms with Gasteiger partial charge in [0.25, 0.3) is 11.8 Å². The monoisotopic (exact) mass is 514 g/mol. The third-order valence-electron chi connectivity index (χ3n) is 5.74. The van der Waals surface area contributed by atoms with Crippen molar-refractivity contribution in [2.75, 3.05) is 17.3 Å². The van der Waals surface area contributed by atoms with Gasteiger partial charge in [-0.05, 0) is 60.2 Å². The highest BCUT2D eigenvalue weighted by atomic mass is 19.4. The summed E-state index contributed by atoms with van der Waals surface area (Å²) in [4.78, 5) is 43.5. The van der Waals surface area contributed by atoms with Crippen molar-refractivity contribution in [2.45, 2.75) is 25.2 Å². The summed E-state index contributed by atoms with van der Waals surface area (Å²) in [6, 6.07) is 10.7.